The summed E-state index contributed by atoms with van der Waals surface area (Å²) in [6, 6.07) is 10.2. The molecule has 2 aromatic heterocycles. The minimum absolute atomic E-state index is 0.0816. The Balaban J connectivity index is 1.72. The van der Waals surface area contributed by atoms with Gasteiger partial charge < -0.3 is 18.8 Å². The summed E-state index contributed by atoms with van der Waals surface area (Å²) < 4.78 is 14.8. The number of aromatic nitrogens is 2. The number of benzene rings is 1. The Kier molecular flexibility index (Phi) is 4.54. The molecular weight excluding hydrogens is 378 g/mol. The van der Waals surface area contributed by atoms with Crippen molar-refractivity contribution in [2.24, 2.45) is 0 Å². The Morgan fingerprint density at radius 1 is 1.27 bits per heavy atom. The highest BCUT2D eigenvalue weighted by Gasteiger charge is 2.42. The van der Waals surface area contributed by atoms with E-state index >= 15 is 0 Å². The Hall–Kier alpha value is -2.86. The highest BCUT2D eigenvalue weighted by atomic mass is 16.7. The van der Waals surface area contributed by atoms with Gasteiger partial charge in [-0.3, -0.25) is 4.79 Å². The molecule has 0 saturated carbocycles. The number of hydrogen-bond donors (Lipinski definition) is 0. The number of hydrogen-bond acceptors (Lipinski definition) is 4. The summed E-state index contributed by atoms with van der Waals surface area (Å²) in [4.78, 5) is 18.4. The zero-order valence-electron chi connectivity index (χ0n) is 17.7. The normalized spacial score (nSPS) is 23.4. The van der Waals surface area contributed by atoms with Crippen molar-refractivity contribution in [1.82, 2.24) is 14.3 Å². The molecule has 6 heteroatoms. The van der Waals surface area contributed by atoms with Gasteiger partial charge in [0.15, 0.2) is 11.4 Å². The van der Waals surface area contributed by atoms with E-state index in [4.69, 9.17) is 14.5 Å². The Morgan fingerprint density at radius 3 is 2.80 bits per heavy atom. The van der Waals surface area contributed by atoms with Crippen molar-refractivity contribution in [2.45, 2.75) is 51.4 Å². The highest BCUT2D eigenvalue weighted by Crippen LogP contribution is 2.46. The van der Waals surface area contributed by atoms with E-state index in [1.54, 1.807) is 7.11 Å². The number of pyridine rings is 1. The van der Waals surface area contributed by atoms with Gasteiger partial charge in [0.2, 0.25) is 12.2 Å². The number of rotatable bonds is 4. The first-order chi connectivity index (χ1) is 14.6. The van der Waals surface area contributed by atoms with Gasteiger partial charge in [-0.15, -0.1) is 0 Å². The van der Waals surface area contributed by atoms with Crippen LogP contribution in [0.15, 0.2) is 36.5 Å². The third-order valence-corrected chi connectivity index (χ3v) is 6.78. The topological polar surface area (TPSA) is 56.1 Å². The van der Waals surface area contributed by atoms with Crippen LogP contribution >= 0.6 is 0 Å². The van der Waals surface area contributed by atoms with E-state index in [-0.39, 0.29) is 6.04 Å². The van der Waals surface area contributed by atoms with E-state index in [0.717, 1.165) is 66.1 Å². The molecule has 3 aromatic rings. The quantitative estimate of drug-likeness (QED) is 0.614. The van der Waals surface area contributed by atoms with Crippen molar-refractivity contribution >= 4 is 12.1 Å². The van der Waals surface area contributed by atoms with Gasteiger partial charge in [-0.2, -0.15) is 0 Å². The Labute approximate surface area is 176 Å². The van der Waals surface area contributed by atoms with Gasteiger partial charge in [-0.1, -0.05) is 30.3 Å². The van der Waals surface area contributed by atoms with Gasteiger partial charge in [-0.25, -0.2) is 4.98 Å². The summed E-state index contributed by atoms with van der Waals surface area (Å²) in [6.07, 6.45) is 6.64. The fraction of sp³-hybridized carbons (Fsp3) is 0.417. The largest absolute Gasteiger partial charge is 0.454 e. The second kappa shape index (κ2) is 7.13. The predicted octanol–water partition coefficient (Wildman–Crippen LogP) is 4.07. The van der Waals surface area contributed by atoms with E-state index in [2.05, 4.69) is 17.5 Å². The van der Waals surface area contributed by atoms with Gasteiger partial charge in [-0.05, 0) is 38.7 Å². The molecule has 6 nitrogen and oxygen atoms in total. The number of methoxy groups -OCH3 is 1. The van der Waals surface area contributed by atoms with Gasteiger partial charge in [0.05, 0.1) is 11.7 Å². The third kappa shape index (κ3) is 2.74. The summed E-state index contributed by atoms with van der Waals surface area (Å²) in [5.74, 6) is -0.0698. The zero-order chi connectivity index (χ0) is 20.9. The van der Waals surface area contributed by atoms with Crippen molar-refractivity contribution < 1.29 is 14.3 Å². The van der Waals surface area contributed by atoms with Gasteiger partial charge in [0.1, 0.15) is 0 Å². The molecule has 1 amide bonds. The molecule has 1 saturated heterocycles. The molecule has 0 aliphatic carbocycles. The smallest absolute Gasteiger partial charge is 0.237 e. The molecule has 4 heterocycles. The number of nitrogens with zero attached hydrogens (tertiary/aromatic N) is 3. The second-order valence-electron chi connectivity index (χ2n) is 8.29. The molecule has 0 spiro atoms. The van der Waals surface area contributed by atoms with Gasteiger partial charge in [0.25, 0.3) is 0 Å². The molecule has 0 bridgehead atoms. The van der Waals surface area contributed by atoms with E-state index in [9.17, 15) is 4.79 Å². The van der Waals surface area contributed by atoms with Crippen LogP contribution in [0.5, 0.6) is 5.75 Å². The van der Waals surface area contributed by atoms with Crippen LogP contribution in [0.1, 0.15) is 53.4 Å². The maximum absolute atomic E-state index is 11.7. The van der Waals surface area contributed by atoms with Crippen molar-refractivity contribution in [3.63, 3.8) is 0 Å². The van der Waals surface area contributed by atoms with Crippen LogP contribution in [0.4, 0.5) is 0 Å². The van der Waals surface area contributed by atoms with Gasteiger partial charge >= 0.3 is 0 Å². The lowest BCUT2D eigenvalue weighted by Crippen LogP contribution is -2.39. The van der Waals surface area contributed by atoms with Crippen LogP contribution < -0.4 is 4.74 Å². The van der Waals surface area contributed by atoms with E-state index in [1.165, 1.54) is 5.56 Å². The maximum atomic E-state index is 11.7. The van der Waals surface area contributed by atoms with Crippen molar-refractivity contribution in [2.75, 3.05) is 13.7 Å². The van der Waals surface area contributed by atoms with E-state index in [1.807, 2.05) is 42.2 Å². The Bertz CT molecular complexity index is 1110. The lowest BCUT2D eigenvalue weighted by atomic mass is 9.90. The minimum Gasteiger partial charge on any atom is -0.454 e. The summed E-state index contributed by atoms with van der Waals surface area (Å²) >= 11 is 0. The van der Waals surface area contributed by atoms with Crippen molar-refractivity contribution in [3.8, 4) is 5.75 Å². The molecule has 5 rings (SSSR count). The number of fused-ring (bicyclic) bond motifs is 3. The number of amides is 1. The SMILES string of the molecule is COC1(c2ccccc2)CCc2c(C3CCCN3C=O)cn3c(C)c(C)nc3c2O1. The van der Waals surface area contributed by atoms with E-state index in [0.29, 0.717) is 6.42 Å². The molecule has 2 aliphatic heterocycles. The molecular formula is C24H27N3O3. The molecule has 156 valence electrons. The predicted molar refractivity (Wildman–Crippen MR) is 113 cm³/mol. The van der Waals surface area contributed by atoms with Crippen LogP contribution in [-0.4, -0.2) is 34.3 Å². The summed E-state index contributed by atoms with van der Waals surface area (Å²) in [7, 11) is 1.70. The van der Waals surface area contributed by atoms with Crippen LogP contribution in [0.3, 0.4) is 0 Å². The lowest BCUT2D eigenvalue weighted by molar-refractivity contribution is -0.183. The monoisotopic (exact) mass is 405 g/mol. The van der Waals surface area contributed by atoms with Crippen molar-refractivity contribution in [3.05, 3.63) is 64.6 Å². The maximum Gasteiger partial charge on any atom is 0.237 e. The molecule has 0 radical (unpaired) electrons. The molecule has 1 aromatic carbocycles. The minimum atomic E-state index is -0.846. The van der Waals surface area contributed by atoms with E-state index < -0.39 is 5.79 Å². The molecule has 2 atom stereocenters. The lowest BCUT2D eigenvalue weighted by Gasteiger charge is -2.39. The molecule has 1 fully saturated rings. The fourth-order valence-electron chi connectivity index (χ4n) is 4.99. The average molecular weight is 405 g/mol. The number of aryl methyl sites for hydroxylation is 2. The zero-order valence-corrected chi connectivity index (χ0v) is 17.7. The number of carbonyl (C=O) groups is 1. The summed E-state index contributed by atoms with van der Waals surface area (Å²) in [6.45, 7) is 4.89. The number of carbonyl (C=O) groups excluding carboxylic acids is 1. The first kappa shape index (κ1) is 19.1. The van der Waals surface area contributed by atoms with Crippen LogP contribution in [-0.2, 0) is 21.7 Å². The molecule has 0 N–H and O–H groups in total. The molecule has 2 aliphatic rings. The highest BCUT2D eigenvalue weighted by molar-refractivity contribution is 5.64. The standard InChI is InChI=1S/C24H27N3O3/c1-16-17(2)27-14-20(21-10-7-13-26(21)15-28)19-11-12-24(29-3,18-8-5-4-6-9-18)30-22(19)23(27)25-16/h4-6,8-9,14-15,21H,7,10-13H2,1-3H3. The summed E-state index contributed by atoms with van der Waals surface area (Å²) in [5.41, 5.74) is 6.19. The molecule has 30 heavy (non-hydrogen) atoms. The first-order valence-electron chi connectivity index (χ1n) is 10.6. The Morgan fingerprint density at radius 2 is 2.07 bits per heavy atom. The number of likely N-dealkylation sites (tertiary alicyclic amines) is 1. The number of ether oxygens (including phenoxy) is 2. The number of imidazole rings is 1. The van der Waals surface area contributed by atoms with Gasteiger partial charge in [0, 0.05) is 43.1 Å². The first-order valence-corrected chi connectivity index (χ1v) is 10.6. The van der Waals surface area contributed by atoms with Crippen LogP contribution in [0.25, 0.3) is 5.65 Å². The summed E-state index contributed by atoms with van der Waals surface area (Å²) in [5, 5.41) is 0. The molecule has 2 unspecified atom stereocenters. The third-order valence-electron chi connectivity index (χ3n) is 6.78. The van der Waals surface area contributed by atoms with Crippen LogP contribution in [0, 0.1) is 13.8 Å². The fourth-order valence-corrected chi connectivity index (χ4v) is 4.99. The van der Waals surface area contributed by atoms with Crippen molar-refractivity contribution in [1.29, 1.82) is 0 Å². The van der Waals surface area contributed by atoms with Crippen LogP contribution in [0.2, 0.25) is 0 Å². The second-order valence-corrected chi connectivity index (χ2v) is 8.29. The average Bonchev–Trinajstić information content (AvgIpc) is 3.38.